The minimum absolute atomic E-state index is 0.132. The Morgan fingerprint density at radius 1 is 1.27 bits per heavy atom. The Bertz CT molecular complexity index is 313. The van der Waals surface area contributed by atoms with Gasteiger partial charge in [-0.15, -0.1) is 0 Å². The van der Waals surface area contributed by atoms with Gasteiger partial charge in [-0.05, 0) is 54.6 Å². The lowest BCUT2D eigenvalue weighted by Crippen LogP contribution is -2.08. The van der Waals surface area contributed by atoms with Gasteiger partial charge in [0, 0.05) is 10.7 Å². The molecule has 84 valence electrons. The van der Waals surface area contributed by atoms with E-state index in [0.717, 1.165) is 9.32 Å². The third-order valence-electron chi connectivity index (χ3n) is 1.60. The molecule has 1 aromatic rings. The molecule has 15 heavy (non-hydrogen) atoms. The SMILES string of the molecule is COCOc1ccc(I)cc1OC(C)C. The van der Waals surface area contributed by atoms with Crippen LogP contribution < -0.4 is 9.47 Å². The first-order valence-electron chi connectivity index (χ1n) is 4.71. The van der Waals surface area contributed by atoms with Gasteiger partial charge in [0.2, 0.25) is 0 Å². The Kier molecular flexibility index (Phi) is 5.17. The monoisotopic (exact) mass is 322 g/mol. The summed E-state index contributed by atoms with van der Waals surface area (Å²) in [6.45, 7) is 4.20. The maximum atomic E-state index is 5.64. The summed E-state index contributed by atoms with van der Waals surface area (Å²) < 4.78 is 17.0. The van der Waals surface area contributed by atoms with Gasteiger partial charge in [0.15, 0.2) is 18.3 Å². The largest absolute Gasteiger partial charge is 0.487 e. The molecule has 0 atom stereocenters. The van der Waals surface area contributed by atoms with Gasteiger partial charge in [0.1, 0.15) is 0 Å². The molecule has 0 aliphatic heterocycles. The molecular formula is C11H15IO3. The Morgan fingerprint density at radius 2 is 2.00 bits per heavy atom. The lowest BCUT2D eigenvalue weighted by molar-refractivity contribution is 0.0477. The number of rotatable bonds is 5. The summed E-state index contributed by atoms with van der Waals surface area (Å²) in [6.07, 6.45) is 0.132. The molecule has 1 rings (SSSR count). The summed E-state index contributed by atoms with van der Waals surface area (Å²) in [5.41, 5.74) is 0. The smallest absolute Gasteiger partial charge is 0.188 e. The maximum Gasteiger partial charge on any atom is 0.188 e. The number of halogens is 1. The average molecular weight is 322 g/mol. The van der Waals surface area contributed by atoms with E-state index in [2.05, 4.69) is 22.6 Å². The van der Waals surface area contributed by atoms with Crippen molar-refractivity contribution >= 4 is 22.6 Å². The fourth-order valence-corrected chi connectivity index (χ4v) is 1.53. The highest BCUT2D eigenvalue weighted by Crippen LogP contribution is 2.29. The zero-order chi connectivity index (χ0) is 11.3. The Labute approximate surface area is 104 Å². The molecule has 0 saturated carbocycles. The quantitative estimate of drug-likeness (QED) is 0.616. The van der Waals surface area contributed by atoms with Crippen molar-refractivity contribution in [1.82, 2.24) is 0 Å². The summed E-state index contributed by atoms with van der Waals surface area (Å²) in [6, 6.07) is 5.81. The van der Waals surface area contributed by atoms with Crippen molar-refractivity contribution in [2.45, 2.75) is 20.0 Å². The van der Waals surface area contributed by atoms with E-state index in [1.165, 1.54) is 0 Å². The van der Waals surface area contributed by atoms with Crippen LogP contribution in [0, 0.1) is 3.57 Å². The van der Waals surface area contributed by atoms with Crippen LogP contribution in [0.2, 0.25) is 0 Å². The van der Waals surface area contributed by atoms with Crippen LogP contribution in [0.5, 0.6) is 11.5 Å². The molecule has 0 aliphatic rings. The van der Waals surface area contributed by atoms with Crippen molar-refractivity contribution in [2.24, 2.45) is 0 Å². The number of benzene rings is 1. The highest BCUT2D eigenvalue weighted by molar-refractivity contribution is 14.1. The van der Waals surface area contributed by atoms with Crippen LogP contribution in [0.25, 0.3) is 0 Å². The lowest BCUT2D eigenvalue weighted by atomic mass is 10.3. The van der Waals surface area contributed by atoms with Crippen LogP contribution in [-0.2, 0) is 4.74 Å². The van der Waals surface area contributed by atoms with Gasteiger partial charge < -0.3 is 14.2 Å². The van der Waals surface area contributed by atoms with E-state index < -0.39 is 0 Å². The molecule has 0 heterocycles. The van der Waals surface area contributed by atoms with Crippen LogP contribution in [0.3, 0.4) is 0 Å². The molecule has 0 saturated heterocycles. The minimum Gasteiger partial charge on any atom is -0.487 e. The third-order valence-corrected chi connectivity index (χ3v) is 2.27. The van der Waals surface area contributed by atoms with Gasteiger partial charge in [-0.3, -0.25) is 0 Å². The summed E-state index contributed by atoms with van der Waals surface area (Å²) in [4.78, 5) is 0. The van der Waals surface area contributed by atoms with Crippen LogP contribution in [0.15, 0.2) is 18.2 Å². The predicted molar refractivity (Wildman–Crippen MR) is 67.4 cm³/mol. The highest BCUT2D eigenvalue weighted by Gasteiger charge is 2.07. The van der Waals surface area contributed by atoms with Gasteiger partial charge in [-0.25, -0.2) is 0 Å². The first kappa shape index (κ1) is 12.6. The molecule has 0 radical (unpaired) electrons. The Balaban J connectivity index is 2.82. The van der Waals surface area contributed by atoms with E-state index in [1.54, 1.807) is 7.11 Å². The van der Waals surface area contributed by atoms with E-state index in [0.29, 0.717) is 5.75 Å². The average Bonchev–Trinajstić information content (AvgIpc) is 2.16. The Hall–Kier alpha value is -0.490. The van der Waals surface area contributed by atoms with Crippen LogP contribution in [0.4, 0.5) is 0 Å². The molecule has 0 spiro atoms. The van der Waals surface area contributed by atoms with Gasteiger partial charge >= 0.3 is 0 Å². The van der Waals surface area contributed by atoms with E-state index in [9.17, 15) is 0 Å². The molecule has 1 aromatic carbocycles. The van der Waals surface area contributed by atoms with E-state index in [-0.39, 0.29) is 12.9 Å². The van der Waals surface area contributed by atoms with Gasteiger partial charge in [-0.2, -0.15) is 0 Å². The predicted octanol–water partition coefficient (Wildman–Crippen LogP) is 3.06. The minimum atomic E-state index is 0.132. The first-order chi connectivity index (χ1) is 7.13. The molecule has 0 N–H and O–H groups in total. The first-order valence-corrected chi connectivity index (χ1v) is 5.79. The lowest BCUT2D eigenvalue weighted by Gasteiger charge is -2.14. The van der Waals surface area contributed by atoms with E-state index in [1.807, 2.05) is 32.0 Å². The van der Waals surface area contributed by atoms with Crippen molar-refractivity contribution in [3.63, 3.8) is 0 Å². The number of hydrogen-bond acceptors (Lipinski definition) is 3. The normalized spacial score (nSPS) is 10.5. The number of hydrogen-bond donors (Lipinski definition) is 0. The molecule has 0 aliphatic carbocycles. The van der Waals surface area contributed by atoms with E-state index in [4.69, 9.17) is 14.2 Å². The zero-order valence-corrected chi connectivity index (χ0v) is 11.3. The van der Waals surface area contributed by atoms with Crippen molar-refractivity contribution in [3.05, 3.63) is 21.8 Å². The van der Waals surface area contributed by atoms with Crippen molar-refractivity contribution in [3.8, 4) is 11.5 Å². The van der Waals surface area contributed by atoms with E-state index >= 15 is 0 Å². The van der Waals surface area contributed by atoms with Crippen LogP contribution in [0.1, 0.15) is 13.8 Å². The molecule has 4 heteroatoms. The zero-order valence-electron chi connectivity index (χ0n) is 9.12. The maximum absolute atomic E-state index is 5.64. The van der Waals surface area contributed by atoms with Crippen molar-refractivity contribution in [1.29, 1.82) is 0 Å². The second-order valence-corrected chi connectivity index (χ2v) is 4.55. The summed E-state index contributed by atoms with van der Waals surface area (Å²) >= 11 is 2.24. The molecule has 0 bridgehead atoms. The third kappa shape index (κ3) is 4.25. The summed E-state index contributed by atoms with van der Waals surface area (Å²) in [7, 11) is 1.59. The summed E-state index contributed by atoms with van der Waals surface area (Å²) in [5, 5.41) is 0. The molecule has 0 aromatic heterocycles. The van der Waals surface area contributed by atoms with Crippen molar-refractivity contribution in [2.75, 3.05) is 13.9 Å². The fourth-order valence-electron chi connectivity index (χ4n) is 1.07. The highest BCUT2D eigenvalue weighted by atomic mass is 127. The molecular weight excluding hydrogens is 307 g/mol. The molecule has 0 unspecified atom stereocenters. The fraction of sp³-hybridized carbons (Fsp3) is 0.455. The topological polar surface area (TPSA) is 27.7 Å². The standard InChI is InChI=1S/C11H15IO3/c1-8(2)15-11-6-9(12)4-5-10(11)14-7-13-3/h4-6,8H,7H2,1-3H3. The summed E-state index contributed by atoms with van der Waals surface area (Å²) in [5.74, 6) is 1.47. The van der Waals surface area contributed by atoms with Crippen LogP contribution in [-0.4, -0.2) is 20.0 Å². The molecule has 0 amide bonds. The second-order valence-electron chi connectivity index (χ2n) is 3.31. The van der Waals surface area contributed by atoms with Gasteiger partial charge in [0.05, 0.1) is 6.10 Å². The van der Waals surface area contributed by atoms with Gasteiger partial charge in [0.25, 0.3) is 0 Å². The molecule has 3 nitrogen and oxygen atoms in total. The molecule has 0 fully saturated rings. The van der Waals surface area contributed by atoms with Crippen molar-refractivity contribution < 1.29 is 14.2 Å². The number of ether oxygens (including phenoxy) is 3. The second kappa shape index (κ2) is 6.17. The van der Waals surface area contributed by atoms with Gasteiger partial charge in [-0.1, -0.05) is 0 Å². The Morgan fingerprint density at radius 3 is 2.60 bits per heavy atom. The number of methoxy groups -OCH3 is 1. The van der Waals surface area contributed by atoms with Crippen LogP contribution >= 0.6 is 22.6 Å².